The van der Waals surface area contributed by atoms with E-state index in [1.807, 2.05) is 17.0 Å². The van der Waals surface area contributed by atoms with Gasteiger partial charge in [0.1, 0.15) is 11.6 Å². The van der Waals surface area contributed by atoms with Crippen molar-refractivity contribution in [3.05, 3.63) is 41.3 Å². The largest absolute Gasteiger partial charge is 0.508 e. The lowest BCUT2D eigenvalue weighted by Crippen LogP contribution is -2.37. The fourth-order valence-corrected chi connectivity index (χ4v) is 4.39. The van der Waals surface area contributed by atoms with E-state index >= 15 is 0 Å². The Bertz CT molecular complexity index is 855. The molecule has 1 aromatic carbocycles. The Labute approximate surface area is 166 Å². The third-order valence-corrected chi connectivity index (χ3v) is 6.03. The number of hydrogen-bond donors (Lipinski definition) is 1. The average Bonchev–Trinajstić information content (AvgIpc) is 3.14. The Morgan fingerprint density at radius 1 is 1.07 bits per heavy atom. The van der Waals surface area contributed by atoms with Crippen molar-refractivity contribution in [2.75, 3.05) is 13.1 Å². The Kier molecular flexibility index (Phi) is 5.33. The molecule has 0 atom stereocenters. The van der Waals surface area contributed by atoms with Crippen LogP contribution in [0.1, 0.15) is 62.5 Å². The normalized spacial score (nSPS) is 17.6. The number of phenols is 1. The molecular weight excluding hydrogens is 350 g/mol. The van der Waals surface area contributed by atoms with Gasteiger partial charge in [-0.05, 0) is 43.5 Å². The molecule has 0 radical (unpaired) electrons. The van der Waals surface area contributed by atoms with Crippen molar-refractivity contribution in [3.8, 4) is 17.0 Å². The van der Waals surface area contributed by atoms with E-state index in [-0.39, 0.29) is 17.6 Å². The number of rotatable bonds is 3. The number of fused-ring (bicyclic) bond motifs is 1. The smallest absolute Gasteiger partial charge is 0.225 e. The lowest BCUT2D eigenvalue weighted by Gasteiger charge is -2.23. The molecule has 1 aliphatic carbocycles. The van der Waals surface area contributed by atoms with Crippen LogP contribution in [-0.2, 0) is 17.6 Å². The first-order valence-electron chi connectivity index (χ1n) is 10.5. The number of benzene rings is 1. The predicted molar refractivity (Wildman–Crippen MR) is 109 cm³/mol. The first kappa shape index (κ1) is 18.9. The van der Waals surface area contributed by atoms with E-state index in [1.165, 1.54) is 12.8 Å². The van der Waals surface area contributed by atoms with Crippen molar-refractivity contribution in [1.82, 2.24) is 14.9 Å². The summed E-state index contributed by atoms with van der Waals surface area (Å²) in [6.07, 6.45) is 6.00. The van der Waals surface area contributed by atoms with Crippen molar-refractivity contribution in [2.24, 2.45) is 5.92 Å². The van der Waals surface area contributed by atoms with Gasteiger partial charge in [0.15, 0.2) is 0 Å². The van der Waals surface area contributed by atoms with Crippen LogP contribution in [0.3, 0.4) is 0 Å². The number of aromatic hydroxyl groups is 1. The van der Waals surface area contributed by atoms with Crippen LogP contribution in [-0.4, -0.2) is 39.0 Å². The SMILES string of the molecule is CC(C)c1nc2c(c(-c3ccc(O)cc3)n1)CCN(C(=O)C1CCCC1)CC2. The molecule has 0 unspecified atom stereocenters. The molecule has 0 saturated heterocycles. The van der Waals surface area contributed by atoms with Crippen molar-refractivity contribution in [1.29, 1.82) is 0 Å². The molecular formula is C23H29N3O2. The third-order valence-electron chi connectivity index (χ3n) is 6.03. The topological polar surface area (TPSA) is 66.3 Å². The first-order chi connectivity index (χ1) is 13.5. The van der Waals surface area contributed by atoms with Gasteiger partial charge in [-0.15, -0.1) is 0 Å². The van der Waals surface area contributed by atoms with E-state index in [2.05, 4.69) is 13.8 Å². The fourth-order valence-electron chi connectivity index (χ4n) is 4.39. The zero-order valence-electron chi connectivity index (χ0n) is 16.8. The molecule has 2 aliphatic rings. The van der Waals surface area contributed by atoms with Crippen LogP contribution in [0, 0.1) is 5.92 Å². The highest BCUT2D eigenvalue weighted by Gasteiger charge is 2.29. The summed E-state index contributed by atoms with van der Waals surface area (Å²) in [5, 5.41) is 9.65. The second-order valence-electron chi connectivity index (χ2n) is 8.36. The van der Waals surface area contributed by atoms with Gasteiger partial charge < -0.3 is 10.0 Å². The van der Waals surface area contributed by atoms with E-state index in [0.717, 1.165) is 67.1 Å². The summed E-state index contributed by atoms with van der Waals surface area (Å²) in [5.74, 6) is 1.88. The van der Waals surface area contributed by atoms with E-state index in [9.17, 15) is 9.90 Å². The molecule has 0 spiro atoms. The molecule has 1 saturated carbocycles. The Hall–Kier alpha value is -2.43. The van der Waals surface area contributed by atoms with Gasteiger partial charge in [0, 0.05) is 48.2 Å². The quantitative estimate of drug-likeness (QED) is 0.872. The summed E-state index contributed by atoms with van der Waals surface area (Å²) in [6.45, 7) is 5.69. The Balaban J connectivity index is 1.67. The van der Waals surface area contributed by atoms with Crippen molar-refractivity contribution in [2.45, 2.75) is 58.3 Å². The third kappa shape index (κ3) is 3.75. The summed E-state index contributed by atoms with van der Waals surface area (Å²) in [6, 6.07) is 7.22. The van der Waals surface area contributed by atoms with E-state index in [0.29, 0.717) is 5.91 Å². The number of carbonyl (C=O) groups is 1. The monoisotopic (exact) mass is 379 g/mol. The van der Waals surface area contributed by atoms with Gasteiger partial charge in [-0.2, -0.15) is 0 Å². The molecule has 2 heterocycles. The summed E-state index contributed by atoms with van der Waals surface area (Å²) in [5.41, 5.74) is 4.16. The maximum atomic E-state index is 12.9. The van der Waals surface area contributed by atoms with Crippen molar-refractivity contribution in [3.63, 3.8) is 0 Å². The minimum absolute atomic E-state index is 0.218. The van der Waals surface area contributed by atoms with Crippen molar-refractivity contribution < 1.29 is 9.90 Å². The van der Waals surface area contributed by atoms with E-state index in [4.69, 9.17) is 9.97 Å². The Morgan fingerprint density at radius 2 is 1.75 bits per heavy atom. The number of nitrogens with zero attached hydrogens (tertiary/aromatic N) is 3. The van der Waals surface area contributed by atoms with Crippen molar-refractivity contribution >= 4 is 5.91 Å². The number of amides is 1. The van der Waals surface area contributed by atoms with Crippen LogP contribution >= 0.6 is 0 Å². The number of phenolic OH excluding ortho intramolecular Hbond substituents is 1. The average molecular weight is 380 g/mol. The van der Waals surface area contributed by atoms with Gasteiger partial charge in [-0.1, -0.05) is 26.7 Å². The lowest BCUT2D eigenvalue weighted by molar-refractivity contribution is -0.135. The standard InChI is InChI=1S/C23H29N3O2/c1-15(2)22-24-20-12-14-26(23(28)17-5-3-4-6-17)13-11-19(20)21(25-22)16-7-9-18(27)10-8-16/h7-10,15,17,27H,3-6,11-14H2,1-2H3. The molecule has 5 nitrogen and oxygen atoms in total. The van der Waals surface area contributed by atoms with Crippen LogP contribution in [0.25, 0.3) is 11.3 Å². The van der Waals surface area contributed by atoms with Gasteiger partial charge >= 0.3 is 0 Å². The molecule has 148 valence electrons. The maximum Gasteiger partial charge on any atom is 0.225 e. The number of hydrogen-bond acceptors (Lipinski definition) is 4. The molecule has 1 N–H and O–H groups in total. The minimum Gasteiger partial charge on any atom is -0.508 e. The molecule has 1 aliphatic heterocycles. The molecule has 1 aromatic heterocycles. The summed E-state index contributed by atoms with van der Waals surface area (Å²) >= 11 is 0. The van der Waals surface area contributed by atoms with Crippen LogP contribution < -0.4 is 0 Å². The fraction of sp³-hybridized carbons (Fsp3) is 0.522. The lowest BCUT2D eigenvalue weighted by atomic mass is 10.00. The molecule has 4 rings (SSSR count). The van der Waals surface area contributed by atoms with Gasteiger partial charge in [0.05, 0.1) is 5.69 Å². The second-order valence-corrected chi connectivity index (χ2v) is 8.36. The molecule has 1 fully saturated rings. The Morgan fingerprint density at radius 3 is 2.43 bits per heavy atom. The molecule has 0 bridgehead atoms. The first-order valence-corrected chi connectivity index (χ1v) is 10.5. The molecule has 2 aromatic rings. The highest BCUT2D eigenvalue weighted by atomic mass is 16.3. The van der Waals surface area contributed by atoms with Gasteiger partial charge in [0.25, 0.3) is 0 Å². The zero-order valence-corrected chi connectivity index (χ0v) is 16.8. The van der Waals surface area contributed by atoms with E-state index < -0.39 is 0 Å². The predicted octanol–water partition coefficient (Wildman–Crippen LogP) is 4.09. The number of aromatic nitrogens is 2. The summed E-state index contributed by atoms with van der Waals surface area (Å²) < 4.78 is 0. The summed E-state index contributed by atoms with van der Waals surface area (Å²) in [4.78, 5) is 24.7. The number of carbonyl (C=O) groups excluding carboxylic acids is 1. The zero-order chi connectivity index (χ0) is 19.7. The molecule has 1 amide bonds. The highest BCUT2D eigenvalue weighted by molar-refractivity contribution is 5.79. The maximum absolute atomic E-state index is 12.9. The van der Waals surface area contributed by atoms with Gasteiger partial charge in [0.2, 0.25) is 5.91 Å². The minimum atomic E-state index is 0.218. The highest BCUT2D eigenvalue weighted by Crippen LogP contribution is 2.31. The van der Waals surface area contributed by atoms with Crippen LogP contribution in [0.2, 0.25) is 0 Å². The van der Waals surface area contributed by atoms with Crippen LogP contribution in [0.5, 0.6) is 5.75 Å². The van der Waals surface area contributed by atoms with Crippen LogP contribution in [0.15, 0.2) is 24.3 Å². The molecule has 5 heteroatoms. The van der Waals surface area contributed by atoms with Crippen LogP contribution in [0.4, 0.5) is 0 Å². The second kappa shape index (κ2) is 7.90. The van der Waals surface area contributed by atoms with E-state index in [1.54, 1.807) is 12.1 Å². The van der Waals surface area contributed by atoms with Gasteiger partial charge in [-0.3, -0.25) is 4.79 Å². The molecule has 28 heavy (non-hydrogen) atoms. The van der Waals surface area contributed by atoms with Gasteiger partial charge in [-0.25, -0.2) is 9.97 Å². The summed E-state index contributed by atoms with van der Waals surface area (Å²) in [7, 11) is 0.